The molecule has 0 aliphatic rings. The van der Waals surface area contributed by atoms with Crippen LogP contribution in [-0.4, -0.2) is 40.2 Å². The number of anilines is 3. The van der Waals surface area contributed by atoms with Gasteiger partial charge in [-0.15, -0.1) is 0 Å². The van der Waals surface area contributed by atoms with Crippen LogP contribution in [0.25, 0.3) is 0 Å². The maximum Gasteiger partial charge on any atom is 0.249 e. The maximum atomic E-state index is 12.3. The van der Waals surface area contributed by atoms with Gasteiger partial charge in [-0.1, -0.05) is 18.2 Å². The number of nitrogens with zero attached hydrogens (tertiary/aromatic N) is 4. The Hall–Kier alpha value is -3.68. The van der Waals surface area contributed by atoms with E-state index in [-0.39, 0.29) is 18.4 Å². The zero-order valence-electron chi connectivity index (χ0n) is 15.7. The molecule has 0 bridgehead atoms. The molecular weight excluding hydrogens is 356 g/mol. The lowest BCUT2D eigenvalue weighted by molar-refractivity contribution is -0.119. The van der Waals surface area contributed by atoms with Crippen molar-refractivity contribution in [1.29, 1.82) is 0 Å². The van der Waals surface area contributed by atoms with E-state index in [1.54, 1.807) is 31.2 Å². The summed E-state index contributed by atoms with van der Waals surface area (Å²) in [5.41, 5.74) is 2.27. The zero-order valence-corrected chi connectivity index (χ0v) is 15.7. The lowest BCUT2D eigenvalue weighted by atomic mass is 10.2. The molecule has 0 radical (unpaired) electrons. The number of benzene rings is 2. The second-order valence-corrected chi connectivity index (χ2v) is 6.36. The third-order valence-electron chi connectivity index (χ3n) is 4.23. The van der Waals surface area contributed by atoms with Crippen molar-refractivity contribution < 1.29 is 9.59 Å². The molecule has 3 rings (SSSR count). The van der Waals surface area contributed by atoms with Crippen molar-refractivity contribution in [3.63, 3.8) is 0 Å². The van der Waals surface area contributed by atoms with E-state index < -0.39 is 6.04 Å². The first-order valence-corrected chi connectivity index (χ1v) is 8.84. The molecule has 1 atom stereocenters. The van der Waals surface area contributed by atoms with Gasteiger partial charge in [0.25, 0.3) is 0 Å². The minimum atomic E-state index is -0.476. The molecule has 2 amide bonds. The fourth-order valence-electron chi connectivity index (χ4n) is 2.61. The van der Waals surface area contributed by atoms with Crippen LogP contribution in [0.4, 0.5) is 17.1 Å². The largest absolute Gasteiger partial charge is 0.365 e. The van der Waals surface area contributed by atoms with Crippen LogP contribution in [0.5, 0.6) is 0 Å². The highest BCUT2D eigenvalue weighted by atomic mass is 16.2. The third kappa shape index (κ3) is 4.94. The van der Waals surface area contributed by atoms with E-state index in [0.717, 1.165) is 5.69 Å². The second-order valence-electron chi connectivity index (χ2n) is 6.36. The zero-order chi connectivity index (χ0) is 19.9. The highest BCUT2D eigenvalue weighted by molar-refractivity contribution is 5.95. The number of aromatic nitrogens is 3. The average molecular weight is 378 g/mol. The number of para-hydroxylation sites is 1. The Morgan fingerprint density at radius 2 is 1.68 bits per heavy atom. The molecule has 8 nitrogen and oxygen atoms in total. The van der Waals surface area contributed by atoms with Gasteiger partial charge >= 0.3 is 0 Å². The Kier molecular flexibility index (Phi) is 6.01. The molecule has 0 fully saturated rings. The molecule has 1 aromatic heterocycles. The Bertz CT molecular complexity index is 910. The summed E-state index contributed by atoms with van der Waals surface area (Å²) in [6.45, 7) is 1.97. The van der Waals surface area contributed by atoms with Gasteiger partial charge in [-0.05, 0) is 43.3 Å². The van der Waals surface area contributed by atoms with Crippen LogP contribution < -0.4 is 15.5 Å². The molecule has 0 aliphatic carbocycles. The minimum absolute atomic E-state index is 0.122. The molecule has 8 heteroatoms. The van der Waals surface area contributed by atoms with E-state index in [1.807, 2.05) is 42.3 Å². The van der Waals surface area contributed by atoms with Crippen molar-refractivity contribution in [1.82, 2.24) is 14.8 Å². The van der Waals surface area contributed by atoms with E-state index in [4.69, 9.17) is 0 Å². The van der Waals surface area contributed by atoms with Gasteiger partial charge in [0.2, 0.25) is 11.8 Å². The van der Waals surface area contributed by atoms with Gasteiger partial charge in [-0.2, -0.15) is 5.10 Å². The molecule has 2 N–H and O–H groups in total. The number of nitrogens with one attached hydrogen (secondary N) is 2. The lowest BCUT2D eigenvalue weighted by Crippen LogP contribution is -2.30. The SMILES string of the molecule is CC(C(=O)Nc1ccc(NC(=O)CN(C)c2ccccc2)cc1)n1cncn1. The molecule has 2 aromatic carbocycles. The topological polar surface area (TPSA) is 92.2 Å². The summed E-state index contributed by atoms with van der Waals surface area (Å²) in [4.78, 5) is 30.2. The molecule has 0 spiro atoms. The Morgan fingerprint density at radius 3 is 2.29 bits per heavy atom. The highest BCUT2D eigenvalue weighted by Crippen LogP contribution is 2.16. The van der Waals surface area contributed by atoms with E-state index >= 15 is 0 Å². The number of carbonyl (C=O) groups is 2. The number of likely N-dealkylation sites (N-methyl/N-ethyl adjacent to an activating group) is 1. The number of hydrogen-bond acceptors (Lipinski definition) is 5. The van der Waals surface area contributed by atoms with Crippen LogP contribution in [0.15, 0.2) is 67.3 Å². The van der Waals surface area contributed by atoms with E-state index in [1.165, 1.54) is 17.3 Å². The predicted octanol–water partition coefficient (Wildman–Crippen LogP) is 2.55. The smallest absolute Gasteiger partial charge is 0.249 e. The minimum Gasteiger partial charge on any atom is -0.365 e. The van der Waals surface area contributed by atoms with Gasteiger partial charge in [-0.25, -0.2) is 9.67 Å². The molecule has 0 saturated carbocycles. The number of amides is 2. The van der Waals surface area contributed by atoms with Gasteiger partial charge in [0, 0.05) is 24.1 Å². The van der Waals surface area contributed by atoms with Crippen molar-refractivity contribution in [2.24, 2.45) is 0 Å². The Labute approximate surface area is 163 Å². The summed E-state index contributed by atoms with van der Waals surface area (Å²) in [6.07, 6.45) is 2.88. The van der Waals surface area contributed by atoms with Crippen LogP contribution in [0.2, 0.25) is 0 Å². The average Bonchev–Trinajstić information content (AvgIpc) is 3.24. The second kappa shape index (κ2) is 8.81. The van der Waals surface area contributed by atoms with Crippen LogP contribution >= 0.6 is 0 Å². The predicted molar refractivity (Wildman–Crippen MR) is 108 cm³/mol. The fraction of sp³-hybridized carbons (Fsp3) is 0.200. The highest BCUT2D eigenvalue weighted by Gasteiger charge is 2.15. The van der Waals surface area contributed by atoms with Crippen LogP contribution in [-0.2, 0) is 9.59 Å². The molecule has 144 valence electrons. The van der Waals surface area contributed by atoms with Crippen LogP contribution in [0.3, 0.4) is 0 Å². The summed E-state index contributed by atoms with van der Waals surface area (Å²) in [5.74, 6) is -0.324. The van der Waals surface area contributed by atoms with Crippen LogP contribution in [0, 0.1) is 0 Å². The van der Waals surface area contributed by atoms with Crippen molar-refractivity contribution >= 4 is 28.9 Å². The summed E-state index contributed by atoms with van der Waals surface area (Å²) >= 11 is 0. The first kappa shape index (κ1) is 19.1. The Morgan fingerprint density at radius 1 is 1.04 bits per heavy atom. The first-order chi connectivity index (χ1) is 13.5. The summed E-state index contributed by atoms with van der Waals surface area (Å²) in [7, 11) is 1.86. The van der Waals surface area contributed by atoms with Crippen molar-refractivity contribution in [2.75, 3.05) is 29.1 Å². The molecule has 0 saturated heterocycles. The van der Waals surface area contributed by atoms with E-state index in [0.29, 0.717) is 11.4 Å². The molecule has 3 aromatic rings. The summed E-state index contributed by atoms with van der Waals surface area (Å²) in [5, 5.41) is 9.63. The van der Waals surface area contributed by atoms with Gasteiger partial charge in [-0.3, -0.25) is 9.59 Å². The van der Waals surface area contributed by atoms with Crippen molar-refractivity contribution in [3.8, 4) is 0 Å². The quantitative estimate of drug-likeness (QED) is 0.659. The van der Waals surface area contributed by atoms with Crippen molar-refractivity contribution in [3.05, 3.63) is 67.3 Å². The molecule has 1 unspecified atom stereocenters. The van der Waals surface area contributed by atoms with Crippen molar-refractivity contribution in [2.45, 2.75) is 13.0 Å². The number of hydrogen-bond donors (Lipinski definition) is 2. The summed E-state index contributed by atoms with van der Waals surface area (Å²) in [6, 6.07) is 16.2. The van der Waals surface area contributed by atoms with Gasteiger partial charge < -0.3 is 15.5 Å². The molecule has 0 aliphatic heterocycles. The molecular formula is C20H22N6O2. The normalized spacial score (nSPS) is 11.5. The van der Waals surface area contributed by atoms with E-state index in [9.17, 15) is 9.59 Å². The first-order valence-electron chi connectivity index (χ1n) is 8.84. The third-order valence-corrected chi connectivity index (χ3v) is 4.23. The monoisotopic (exact) mass is 378 g/mol. The fourth-order valence-corrected chi connectivity index (χ4v) is 2.61. The summed E-state index contributed by atoms with van der Waals surface area (Å²) < 4.78 is 1.48. The van der Waals surface area contributed by atoms with Crippen LogP contribution in [0.1, 0.15) is 13.0 Å². The van der Waals surface area contributed by atoms with Gasteiger partial charge in [0.1, 0.15) is 18.7 Å². The lowest BCUT2D eigenvalue weighted by Gasteiger charge is -2.18. The van der Waals surface area contributed by atoms with E-state index in [2.05, 4.69) is 20.7 Å². The molecule has 1 heterocycles. The van der Waals surface area contributed by atoms with Gasteiger partial charge in [0.05, 0.1) is 6.54 Å². The molecule has 28 heavy (non-hydrogen) atoms. The standard InChI is InChI=1S/C20H22N6O2/c1-15(26-14-21-13-22-26)20(28)24-17-10-8-16(9-11-17)23-19(27)12-25(2)18-6-4-3-5-7-18/h3-11,13-15H,12H2,1-2H3,(H,23,27)(H,24,28). The maximum absolute atomic E-state index is 12.3. The Balaban J connectivity index is 1.52. The van der Waals surface area contributed by atoms with Gasteiger partial charge in [0.15, 0.2) is 0 Å². The number of rotatable bonds is 7. The number of carbonyl (C=O) groups excluding carboxylic acids is 2.